The van der Waals surface area contributed by atoms with Crippen molar-refractivity contribution in [2.24, 2.45) is 17.6 Å². The molecule has 4 nitrogen and oxygen atoms in total. The molecule has 2 unspecified atom stereocenters. The van der Waals surface area contributed by atoms with Crippen LogP contribution in [-0.4, -0.2) is 31.7 Å². The standard InChI is InChI=1S/C14H28N2O2/c1-10(2)6-11(9-15)7-14(17)16-12-4-5-13(8-12)18-3/h10-13H,4-9,15H2,1-3H3,(H,16,17)/t11-,12?,13?/m0/s1. The molecule has 3 N–H and O–H groups in total. The third-order valence-electron chi connectivity index (χ3n) is 3.70. The van der Waals surface area contributed by atoms with E-state index in [9.17, 15) is 4.79 Å². The lowest BCUT2D eigenvalue weighted by Gasteiger charge is -2.18. The fourth-order valence-corrected chi connectivity index (χ4v) is 2.76. The Morgan fingerprint density at radius 3 is 2.67 bits per heavy atom. The van der Waals surface area contributed by atoms with Crippen LogP contribution in [0.3, 0.4) is 0 Å². The zero-order chi connectivity index (χ0) is 13.5. The first-order valence-electron chi connectivity index (χ1n) is 7.07. The quantitative estimate of drug-likeness (QED) is 0.728. The molecule has 3 atom stereocenters. The summed E-state index contributed by atoms with van der Waals surface area (Å²) in [5.41, 5.74) is 5.72. The maximum Gasteiger partial charge on any atom is 0.220 e. The Hall–Kier alpha value is -0.610. The van der Waals surface area contributed by atoms with E-state index in [4.69, 9.17) is 10.5 Å². The molecule has 1 saturated carbocycles. The summed E-state index contributed by atoms with van der Waals surface area (Å²) in [5, 5.41) is 3.11. The molecule has 0 aromatic rings. The van der Waals surface area contributed by atoms with Gasteiger partial charge >= 0.3 is 0 Å². The molecule has 0 bridgehead atoms. The van der Waals surface area contributed by atoms with Gasteiger partial charge in [0.05, 0.1) is 6.10 Å². The fourth-order valence-electron chi connectivity index (χ4n) is 2.76. The summed E-state index contributed by atoms with van der Waals surface area (Å²) >= 11 is 0. The number of ether oxygens (including phenoxy) is 1. The van der Waals surface area contributed by atoms with Crippen LogP contribution >= 0.6 is 0 Å². The summed E-state index contributed by atoms with van der Waals surface area (Å²) in [6.07, 6.45) is 4.92. The largest absolute Gasteiger partial charge is 0.381 e. The van der Waals surface area contributed by atoms with Crippen molar-refractivity contribution < 1.29 is 9.53 Å². The number of rotatable bonds is 7. The average molecular weight is 256 g/mol. The van der Waals surface area contributed by atoms with Crippen molar-refractivity contribution in [2.45, 2.75) is 58.1 Å². The highest BCUT2D eigenvalue weighted by Gasteiger charge is 2.26. The summed E-state index contributed by atoms with van der Waals surface area (Å²) < 4.78 is 5.31. The number of hydrogen-bond donors (Lipinski definition) is 2. The van der Waals surface area contributed by atoms with Gasteiger partial charge in [0.2, 0.25) is 5.91 Å². The van der Waals surface area contributed by atoms with Gasteiger partial charge in [-0.1, -0.05) is 13.8 Å². The van der Waals surface area contributed by atoms with Gasteiger partial charge in [0, 0.05) is 19.6 Å². The summed E-state index contributed by atoms with van der Waals surface area (Å²) in [7, 11) is 1.74. The summed E-state index contributed by atoms with van der Waals surface area (Å²) in [4.78, 5) is 11.9. The Balaban J connectivity index is 2.28. The second-order valence-corrected chi connectivity index (χ2v) is 5.87. The predicted molar refractivity (Wildman–Crippen MR) is 73.2 cm³/mol. The van der Waals surface area contributed by atoms with Gasteiger partial charge in [0.25, 0.3) is 0 Å². The molecule has 0 saturated heterocycles. The molecule has 1 aliphatic carbocycles. The van der Waals surface area contributed by atoms with Crippen LogP contribution in [-0.2, 0) is 9.53 Å². The number of amides is 1. The van der Waals surface area contributed by atoms with Gasteiger partial charge in [0.1, 0.15) is 0 Å². The molecule has 1 amide bonds. The molecule has 0 radical (unpaired) electrons. The first-order valence-corrected chi connectivity index (χ1v) is 7.07. The van der Waals surface area contributed by atoms with E-state index in [0.717, 1.165) is 25.7 Å². The highest BCUT2D eigenvalue weighted by atomic mass is 16.5. The Morgan fingerprint density at radius 2 is 2.17 bits per heavy atom. The predicted octanol–water partition coefficient (Wildman–Crippen LogP) is 1.68. The molecule has 106 valence electrons. The minimum absolute atomic E-state index is 0.146. The van der Waals surface area contributed by atoms with Crippen molar-refractivity contribution in [1.29, 1.82) is 0 Å². The number of nitrogens with one attached hydrogen (secondary N) is 1. The number of hydrogen-bond acceptors (Lipinski definition) is 3. The van der Waals surface area contributed by atoms with Gasteiger partial charge in [-0.25, -0.2) is 0 Å². The lowest BCUT2D eigenvalue weighted by Crippen LogP contribution is -2.35. The van der Waals surface area contributed by atoms with E-state index in [1.54, 1.807) is 7.11 Å². The van der Waals surface area contributed by atoms with Crippen LogP contribution < -0.4 is 11.1 Å². The second-order valence-electron chi connectivity index (χ2n) is 5.87. The van der Waals surface area contributed by atoms with Crippen molar-refractivity contribution in [3.05, 3.63) is 0 Å². The molecule has 0 aromatic heterocycles. The van der Waals surface area contributed by atoms with Gasteiger partial charge in [0.15, 0.2) is 0 Å². The third kappa shape index (κ3) is 5.36. The monoisotopic (exact) mass is 256 g/mol. The fraction of sp³-hybridized carbons (Fsp3) is 0.929. The molecule has 1 rings (SSSR count). The summed E-state index contributed by atoms with van der Waals surface area (Å²) in [6.45, 7) is 4.93. The van der Waals surface area contributed by atoms with Crippen molar-refractivity contribution in [3.63, 3.8) is 0 Å². The van der Waals surface area contributed by atoms with Crippen molar-refractivity contribution in [3.8, 4) is 0 Å². The van der Waals surface area contributed by atoms with E-state index in [2.05, 4.69) is 19.2 Å². The summed E-state index contributed by atoms with van der Waals surface area (Å²) in [5.74, 6) is 1.05. The molecule has 0 aromatic carbocycles. The third-order valence-corrected chi connectivity index (χ3v) is 3.70. The average Bonchev–Trinajstić information content (AvgIpc) is 2.75. The van der Waals surface area contributed by atoms with Gasteiger partial charge in [-0.2, -0.15) is 0 Å². The molecule has 1 aliphatic rings. The van der Waals surface area contributed by atoms with Crippen LogP contribution in [0, 0.1) is 11.8 Å². The molecule has 1 fully saturated rings. The van der Waals surface area contributed by atoms with Crippen LogP contribution in [0.15, 0.2) is 0 Å². The van der Waals surface area contributed by atoms with Crippen molar-refractivity contribution in [2.75, 3.05) is 13.7 Å². The SMILES string of the molecule is COC1CCC(NC(=O)C[C@@H](CN)CC(C)C)C1. The number of carbonyl (C=O) groups is 1. The maximum atomic E-state index is 11.9. The zero-order valence-electron chi connectivity index (χ0n) is 11.9. The zero-order valence-corrected chi connectivity index (χ0v) is 11.9. The number of nitrogens with two attached hydrogens (primary N) is 1. The highest BCUT2D eigenvalue weighted by molar-refractivity contribution is 5.76. The van der Waals surface area contributed by atoms with Gasteiger partial charge in [-0.05, 0) is 44.1 Å². The highest BCUT2D eigenvalue weighted by Crippen LogP contribution is 2.22. The van der Waals surface area contributed by atoms with Crippen molar-refractivity contribution >= 4 is 5.91 Å². The first kappa shape index (κ1) is 15.4. The van der Waals surface area contributed by atoms with Gasteiger partial charge in [-0.3, -0.25) is 4.79 Å². The lowest BCUT2D eigenvalue weighted by molar-refractivity contribution is -0.122. The molecule has 0 spiro atoms. The van der Waals surface area contributed by atoms with Gasteiger partial charge < -0.3 is 15.8 Å². The Bertz CT molecular complexity index is 256. The summed E-state index contributed by atoms with van der Waals surface area (Å²) in [6, 6.07) is 0.292. The molecule has 4 heteroatoms. The van der Waals surface area contributed by atoms with Crippen LogP contribution in [0.5, 0.6) is 0 Å². The molecule has 0 heterocycles. The van der Waals surface area contributed by atoms with E-state index < -0.39 is 0 Å². The van der Waals surface area contributed by atoms with Crippen molar-refractivity contribution in [1.82, 2.24) is 5.32 Å². The lowest BCUT2D eigenvalue weighted by atomic mass is 9.94. The van der Waals surface area contributed by atoms with E-state index in [-0.39, 0.29) is 5.91 Å². The van der Waals surface area contributed by atoms with Crippen LogP contribution in [0.4, 0.5) is 0 Å². The topological polar surface area (TPSA) is 64.3 Å². The van der Waals surface area contributed by atoms with E-state index in [0.29, 0.717) is 36.9 Å². The Labute approximate surface area is 111 Å². The minimum atomic E-state index is 0.146. The second kappa shape index (κ2) is 7.74. The van der Waals surface area contributed by atoms with E-state index >= 15 is 0 Å². The van der Waals surface area contributed by atoms with Gasteiger partial charge in [-0.15, -0.1) is 0 Å². The van der Waals surface area contributed by atoms with Crippen LogP contribution in [0.25, 0.3) is 0 Å². The molecular weight excluding hydrogens is 228 g/mol. The maximum absolute atomic E-state index is 11.9. The molecule has 0 aliphatic heterocycles. The first-order chi connectivity index (χ1) is 8.55. The Kier molecular flexibility index (Phi) is 6.65. The number of carbonyl (C=O) groups excluding carboxylic acids is 1. The van der Waals surface area contributed by atoms with E-state index in [1.165, 1.54) is 0 Å². The molecule has 18 heavy (non-hydrogen) atoms. The molecular formula is C14H28N2O2. The van der Waals surface area contributed by atoms with Crippen LogP contribution in [0.1, 0.15) is 46.0 Å². The smallest absolute Gasteiger partial charge is 0.220 e. The minimum Gasteiger partial charge on any atom is -0.381 e. The number of methoxy groups -OCH3 is 1. The van der Waals surface area contributed by atoms with E-state index in [1.807, 2.05) is 0 Å². The van der Waals surface area contributed by atoms with Crippen LogP contribution in [0.2, 0.25) is 0 Å². The normalized spacial score (nSPS) is 25.4. The Morgan fingerprint density at radius 1 is 1.44 bits per heavy atom.